The zero-order valence-corrected chi connectivity index (χ0v) is 8.66. The van der Waals surface area contributed by atoms with Crippen molar-refractivity contribution in [2.24, 2.45) is 0 Å². The van der Waals surface area contributed by atoms with Crippen LogP contribution in [-0.4, -0.2) is 22.6 Å². The van der Waals surface area contributed by atoms with Crippen molar-refractivity contribution in [3.8, 4) is 11.8 Å². The van der Waals surface area contributed by atoms with E-state index in [1.807, 2.05) is 6.92 Å². The summed E-state index contributed by atoms with van der Waals surface area (Å²) in [6, 6.07) is 3.20. The quantitative estimate of drug-likeness (QED) is 0.733. The zero-order valence-electron chi connectivity index (χ0n) is 8.66. The fourth-order valence-corrected chi connectivity index (χ4v) is 1.08. The van der Waals surface area contributed by atoms with Gasteiger partial charge >= 0.3 is 5.97 Å². The van der Waals surface area contributed by atoms with Crippen molar-refractivity contribution in [1.29, 1.82) is 0 Å². The van der Waals surface area contributed by atoms with E-state index in [1.54, 1.807) is 13.0 Å². The van der Waals surface area contributed by atoms with Gasteiger partial charge in [0.1, 0.15) is 11.4 Å². The van der Waals surface area contributed by atoms with Crippen molar-refractivity contribution in [2.75, 3.05) is 11.9 Å². The van der Waals surface area contributed by atoms with Gasteiger partial charge < -0.3 is 10.4 Å². The van der Waals surface area contributed by atoms with Crippen molar-refractivity contribution in [3.63, 3.8) is 0 Å². The second-order valence-electron chi connectivity index (χ2n) is 2.93. The molecule has 0 bridgehead atoms. The number of aromatic carboxylic acids is 1. The summed E-state index contributed by atoms with van der Waals surface area (Å²) in [5.41, 5.74) is 0.936. The van der Waals surface area contributed by atoms with Crippen LogP contribution in [0.4, 0.5) is 5.82 Å². The number of carboxylic acids is 1. The molecule has 4 nitrogen and oxygen atoms in total. The molecule has 0 radical (unpaired) electrons. The highest BCUT2D eigenvalue weighted by Gasteiger charge is 2.10. The van der Waals surface area contributed by atoms with Crippen LogP contribution in [0.15, 0.2) is 12.1 Å². The van der Waals surface area contributed by atoms with Gasteiger partial charge in [0.05, 0.1) is 6.54 Å². The molecule has 0 amide bonds. The molecule has 0 aliphatic heterocycles. The average molecular weight is 204 g/mol. The van der Waals surface area contributed by atoms with Crippen molar-refractivity contribution in [2.45, 2.75) is 13.8 Å². The molecule has 0 aliphatic carbocycles. The van der Waals surface area contributed by atoms with Crippen LogP contribution in [0.1, 0.15) is 23.0 Å². The predicted molar refractivity (Wildman–Crippen MR) is 57.9 cm³/mol. The first-order valence-electron chi connectivity index (χ1n) is 4.49. The van der Waals surface area contributed by atoms with Crippen LogP contribution in [0.3, 0.4) is 0 Å². The van der Waals surface area contributed by atoms with Crippen LogP contribution in [-0.2, 0) is 0 Å². The Morgan fingerprint density at radius 2 is 2.33 bits per heavy atom. The van der Waals surface area contributed by atoms with E-state index in [0.29, 0.717) is 12.4 Å². The van der Waals surface area contributed by atoms with E-state index in [4.69, 9.17) is 5.11 Å². The molecule has 0 saturated heterocycles. The van der Waals surface area contributed by atoms with E-state index in [2.05, 4.69) is 22.1 Å². The molecule has 0 aromatic carbocycles. The van der Waals surface area contributed by atoms with Gasteiger partial charge in [0, 0.05) is 5.69 Å². The standard InChI is InChI=1S/C11H12N2O2/c1-3-4-7-12-10-9(11(14)15)6-5-8(2)13-10/h5-6H,7H2,1-2H3,(H,12,13)(H,14,15). The molecular formula is C11H12N2O2. The molecule has 1 aromatic rings. The smallest absolute Gasteiger partial charge is 0.339 e. The second-order valence-corrected chi connectivity index (χ2v) is 2.93. The minimum atomic E-state index is -0.991. The summed E-state index contributed by atoms with van der Waals surface area (Å²) in [7, 11) is 0. The van der Waals surface area contributed by atoms with Crippen molar-refractivity contribution in [3.05, 3.63) is 23.4 Å². The van der Waals surface area contributed by atoms with Crippen LogP contribution in [0.25, 0.3) is 0 Å². The SMILES string of the molecule is CC#CCNc1nc(C)ccc1C(=O)O. The number of carboxylic acid groups (broad SMARTS) is 1. The summed E-state index contributed by atoms with van der Waals surface area (Å²) in [6.45, 7) is 3.93. The van der Waals surface area contributed by atoms with E-state index in [1.165, 1.54) is 6.07 Å². The third-order valence-corrected chi connectivity index (χ3v) is 1.79. The maximum Gasteiger partial charge on any atom is 0.339 e. The van der Waals surface area contributed by atoms with Gasteiger partial charge in [0.2, 0.25) is 0 Å². The van der Waals surface area contributed by atoms with Gasteiger partial charge in [-0.2, -0.15) is 0 Å². The normalized spacial score (nSPS) is 8.93. The first kappa shape index (κ1) is 11.1. The summed E-state index contributed by atoms with van der Waals surface area (Å²) in [5.74, 6) is 4.88. The van der Waals surface area contributed by atoms with E-state index < -0.39 is 5.97 Å². The van der Waals surface area contributed by atoms with Crippen molar-refractivity contribution in [1.82, 2.24) is 4.98 Å². The number of aromatic nitrogens is 1. The Labute approximate surface area is 88.3 Å². The van der Waals surface area contributed by atoms with Gasteiger partial charge in [-0.25, -0.2) is 9.78 Å². The van der Waals surface area contributed by atoms with Gasteiger partial charge in [-0.05, 0) is 26.0 Å². The highest BCUT2D eigenvalue weighted by molar-refractivity contribution is 5.93. The minimum Gasteiger partial charge on any atom is -0.478 e. The third-order valence-electron chi connectivity index (χ3n) is 1.79. The molecule has 0 saturated carbocycles. The first-order chi connectivity index (χ1) is 7.15. The summed E-state index contributed by atoms with van der Waals surface area (Å²) in [5, 5.41) is 11.8. The number of nitrogens with one attached hydrogen (secondary N) is 1. The topological polar surface area (TPSA) is 62.2 Å². The van der Waals surface area contributed by atoms with Crippen LogP contribution in [0, 0.1) is 18.8 Å². The molecule has 0 atom stereocenters. The molecule has 2 N–H and O–H groups in total. The fraction of sp³-hybridized carbons (Fsp3) is 0.273. The number of anilines is 1. The molecule has 1 rings (SSSR count). The molecule has 0 spiro atoms. The Bertz CT molecular complexity index is 430. The van der Waals surface area contributed by atoms with Gasteiger partial charge in [-0.15, -0.1) is 5.92 Å². The molecule has 1 heterocycles. The number of aryl methyl sites for hydroxylation is 1. The molecule has 0 fully saturated rings. The number of rotatable bonds is 3. The Kier molecular flexibility index (Phi) is 3.69. The molecule has 4 heteroatoms. The lowest BCUT2D eigenvalue weighted by Gasteiger charge is -2.06. The Morgan fingerprint density at radius 1 is 1.60 bits per heavy atom. The maximum absolute atomic E-state index is 10.8. The average Bonchev–Trinajstić information content (AvgIpc) is 2.18. The van der Waals surface area contributed by atoms with E-state index in [0.717, 1.165) is 5.69 Å². The number of carbonyl (C=O) groups is 1. The second kappa shape index (κ2) is 5.01. The highest BCUT2D eigenvalue weighted by Crippen LogP contribution is 2.12. The zero-order chi connectivity index (χ0) is 11.3. The van der Waals surface area contributed by atoms with Crippen LogP contribution < -0.4 is 5.32 Å². The lowest BCUT2D eigenvalue weighted by atomic mass is 10.2. The van der Waals surface area contributed by atoms with Gasteiger partial charge in [-0.3, -0.25) is 0 Å². The number of pyridine rings is 1. The van der Waals surface area contributed by atoms with E-state index in [-0.39, 0.29) is 5.56 Å². The van der Waals surface area contributed by atoms with Crippen molar-refractivity contribution >= 4 is 11.8 Å². The molecule has 0 unspecified atom stereocenters. The Morgan fingerprint density at radius 3 is 2.93 bits per heavy atom. The summed E-state index contributed by atoms with van der Waals surface area (Å²) >= 11 is 0. The number of hydrogen-bond acceptors (Lipinski definition) is 3. The van der Waals surface area contributed by atoms with Gasteiger partial charge in [-0.1, -0.05) is 5.92 Å². The van der Waals surface area contributed by atoms with Crippen LogP contribution in [0.5, 0.6) is 0 Å². The Hall–Kier alpha value is -2.02. The monoisotopic (exact) mass is 204 g/mol. The summed E-state index contributed by atoms with van der Waals surface area (Å²) in [6.07, 6.45) is 0. The van der Waals surface area contributed by atoms with Crippen LogP contribution in [0.2, 0.25) is 0 Å². The maximum atomic E-state index is 10.8. The molecule has 78 valence electrons. The lowest BCUT2D eigenvalue weighted by Crippen LogP contribution is -2.09. The number of nitrogens with zero attached hydrogens (tertiary/aromatic N) is 1. The molecular weight excluding hydrogens is 192 g/mol. The highest BCUT2D eigenvalue weighted by atomic mass is 16.4. The number of hydrogen-bond donors (Lipinski definition) is 2. The van der Waals surface area contributed by atoms with E-state index >= 15 is 0 Å². The lowest BCUT2D eigenvalue weighted by molar-refractivity contribution is 0.0697. The minimum absolute atomic E-state index is 0.165. The molecule has 0 aliphatic rings. The summed E-state index contributed by atoms with van der Waals surface area (Å²) in [4.78, 5) is 15.0. The first-order valence-corrected chi connectivity index (χ1v) is 4.49. The van der Waals surface area contributed by atoms with Gasteiger partial charge in [0.25, 0.3) is 0 Å². The molecule has 15 heavy (non-hydrogen) atoms. The molecule has 1 aromatic heterocycles. The Balaban J connectivity index is 2.95. The van der Waals surface area contributed by atoms with Crippen LogP contribution >= 0.6 is 0 Å². The fourth-order valence-electron chi connectivity index (χ4n) is 1.08. The largest absolute Gasteiger partial charge is 0.478 e. The van der Waals surface area contributed by atoms with E-state index in [9.17, 15) is 4.79 Å². The third kappa shape index (κ3) is 2.99. The van der Waals surface area contributed by atoms with Crippen molar-refractivity contribution < 1.29 is 9.90 Å². The van der Waals surface area contributed by atoms with Gasteiger partial charge in [0.15, 0.2) is 0 Å². The predicted octanol–water partition coefficient (Wildman–Crippen LogP) is 1.52. The summed E-state index contributed by atoms with van der Waals surface area (Å²) < 4.78 is 0.